The summed E-state index contributed by atoms with van der Waals surface area (Å²) >= 11 is 0.689. The summed E-state index contributed by atoms with van der Waals surface area (Å²) in [6.07, 6.45) is 1.08. The summed E-state index contributed by atoms with van der Waals surface area (Å²) in [6.45, 7) is 2.34. The van der Waals surface area contributed by atoms with E-state index in [4.69, 9.17) is 14.6 Å². The van der Waals surface area contributed by atoms with E-state index in [2.05, 4.69) is 0 Å². The molecule has 1 aliphatic rings. The van der Waals surface area contributed by atoms with Crippen molar-refractivity contribution in [1.82, 2.24) is 4.90 Å². The molecule has 0 saturated carbocycles. The molecule has 9 heteroatoms. The fourth-order valence-corrected chi connectivity index (χ4v) is 2.91. The Balaban J connectivity index is 2.17. The predicted molar refractivity (Wildman–Crippen MR) is 93.5 cm³/mol. The zero-order valence-corrected chi connectivity index (χ0v) is 14.9. The Kier molecular flexibility index (Phi) is 6.40. The van der Waals surface area contributed by atoms with Gasteiger partial charge < -0.3 is 14.6 Å². The first kappa shape index (κ1) is 19.5. The summed E-state index contributed by atoms with van der Waals surface area (Å²) in [4.78, 5) is 47.7. The minimum absolute atomic E-state index is 0.110. The normalized spacial score (nSPS) is 15.7. The van der Waals surface area contributed by atoms with Crippen molar-refractivity contribution in [1.29, 1.82) is 0 Å². The zero-order valence-electron chi connectivity index (χ0n) is 14.1. The number of esters is 1. The number of hydrogen-bond donors (Lipinski definition) is 1. The lowest BCUT2D eigenvalue weighted by atomic mass is 10.2. The van der Waals surface area contributed by atoms with E-state index in [-0.39, 0.29) is 16.8 Å². The quantitative estimate of drug-likeness (QED) is 0.567. The molecule has 2 rings (SSSR count). The summed E-state index contributed by atoms with van der Waals surface area (Å²) in [5.41, 5.74) is 0.448. The number of hydrogen-bond acceptors (Lipinski definition) is 7. The number of thioether (sulfide) groups is 1. The maximum absolute atomic E-state index is 12.4. The molecule has 26 heavy (non-hydrogen) atoms. The van der Waals surface area contributed by atoms with Gasteiger partial charge in [-0.2, -0.15) is 0 Å². The van der Waals surface area contributed by atoms with Crippen molar-refractivity contribution in [2.24, 2.45) is 0 Å². The van der Waals surface area contributed by atoms with Crippen LogP contribution in [0, 0.1) is 0 Å². The first-order valence-electron chi connectivity index (χ1n) is 7.66. The third kappa shape index (κ3) is 5.09. The molecule has 2 amide bonds. The van der Waals surface area contributed by atoms with Crippen LogP contribution in [0.25, 0.3) is 6.08 Å². The van der Waals surface area contributed by atoms with E-state index >= 15 is 0 Å². The number of carboxylic acids is 1. The van der Waals surface area contributed by atoms with Crippen LogP contribution in [0.5, 0.6) is 5.75 Å². The second kappa shape index (κ2) is 8.52. The summed E-state index contributed by atoms with van der Waals surface area (Å²) in [5.74, 6) is -2.16. The van der Waals surface area contributed by atoms with Crippen LogP contribution < -0.4 is 4.74 Å². The lowest BCUT2D eigenvalue weighted by molar-refractivity contribution is -0.149. The van der Waals surface area contributed by atoms with Gasteiger partial charge in [0.1, 0.15) is 12.3 Å². The number of amides is 2. The molecule has 1 aromatic rings. The molecule has 8 nitrogen and oxygen atoms in total. The molecular weight excluding hydrogens is 362 g/mol. The van der Waals surface area contributed by atoms with Gasteiger partial charge in [0, 0.05) is 5.56 Å². The Bertz CT molecular complexity index is 772. The highest BCUT2D eigenvalue weighted by Gasteiger charge is 2.37. The Hall–Kier alpha value is -2.81. The number of benzene rings is 1. The van der Waals surface area contributed by atoms with Gasteiger partial charge in [0.05, 0.1) is 11.0 Å². The Morgan fingerprint density at radius 3 is 2.62 bits per heavy atom. The molecule has 0 aromatic heterocycles. The van der Waals surface area contributed by atoms with Gasteiger partial charge in [-0.25, -0.2) is 4.79 Å². The minimum Gasteiger partial charge on any atom is -0.481 e. The zero-order chi connectivity index (χ0) is 19.3. The molecule has 0 atom stereocenters. The number of ether oxygens (including phenoxy) is 2. The van der Waals surface area contributed by atoms with Gasteiger partial charge in [0.25, 0.3) is 11.1 Å². The highest BCUT2D eigenvalue weighted by atomic mass is 32.2. The number of aliphatic carboxylic acids is 1. The number of carbonyl (C=O) groups is 4. The largest absolute Gasteiger partial charge is 0.481 e. The van der Waals surface area contributed by atoms with E-state index in [1.165, 1.54) is 6.08 Å². The third-order valence-electron chi connectivity index (χ3n) is 3.08. The van der Waals surface area contributed by atoms with Crippen molar-refractivity contribution in [2.75, 3.05) is 13.2 Å². The van der Waals surface area contributed by atoms with E-state index < -0.39 is 36.2 Å². The van der Waals surface area contributed by atoms with Crippen molar-refractivity contribution in [3.05, 3.63) is 34.7 Å². The Morgan fingerprint density at radius 2 is 1.96 bits per heavy atom. The smallest absolute Gasteiger partial charge is 0.341 e. The maximum Gasteiger partial charge on any atom is 0.341 e. The fourth-order valence-electron chi connectivity index (χ4n) is 2.08. The number of rotatable bonds is 7. The van der Waals surface area contributed by atoms with Crippen molar-refractivity contribution in [2.45, 2.75) is 20.0 Å². The van der Waals surface area contributed by atoms with Gasteiger partial charge in [-0.1, -0.05) is 18.2 Å². The standard InChI is InChI=1S/C17H17NO7S/c1-10(2)25-15(21)8-18-16(22)13(26-17(18)23)7-11-5-3-4-6-12(11)24-9-14(19)20/h3-7,10H,8-9H2,1-2H3,(H,19,20)/b13-7+. The monoisotopic (exact) mass is 379 g/mol. The Morgan fingerprint density at radius 1 is 1.27 bits per heavy atom. The van der Waals surface area contributed by atoms with Crippen LogP contribution in [-0.2, 0) is 19.1 Å². The number of imide groups is 1. The van der Waals surface area contributed by atoms with Crippen LogP contribution in [0.2, 0.25) is 0 Å². The summed E-state index contributed by atoms with van der Waals surface area (Å²) in [7, 11) is 0. The van der Waals surface area contributed by atoms with Gasteiger partial charge in [-0.05, 0) is 37.8 Å². The van der Waals surface area contributed by atoms with E-state index in [9.17, 15) is 19.2 Å². The molecule has 0 spiro atoms. The van der Waals surface area contributed by atoms with Crippen molar-refractivity contribution >= 4 is 40.9 Å². The van der Waals surface area contributed by atoms with Crippen LogP contribution in [0.3, 0.4) is 0 Å². The third-order valence-corrected chi connectivity index (χ3v) is 3.99. The van der Waals surface area contributed by atoms with Crippen molar-refractivity contribution in [3.63, 3.8) is 0 Å². The molecule has 1 aliphatic heterocycles. The minimum atomic E-state index is -1.14. The van der Waals surface area contributed by atoms with E-state index in [1.807, 2.05) is 0 Å². The second-order valence-electron chi connectivity index (χ2n) is 5.53. The van der Waals surface area contributed by atoms with Gasteiger partial charge in [0.15, 0.2) is 6.61 Å². The molecule has 1 aromatic carbocycles. The number of nitrogens with zero attached hydrogens (tertiary/aromatic N) is 1. The van der Waals surface area contributed by atoms with Crippen LogP contribution in [-0.4, -0.2) is 52.3 Å². The average molecular weight is 379 g/mol. The van der Waals surface area contributed by atoms with E-state index in [1.54, 1.807) is 38.1 Å². The Labute approximate surface area is 153 Å². The average Bonchev–Trinajstić information content (AvgIpc) is 2.81. The number of carboxylic acid groups (broad SMARTS) is 1. The molecule has 1 heterocycles. The van der Waals surface area contributed by atoms with Crippen LogP contribution in [0.15, 0.2) is 29.2 Å². The summed E-state index contributed by atoms with van der Waals surface area (Å²) in [5, 5.41) is 8.14. The number of para-hydroxylation sites is 1. The van der Waals surface area contributed by atoms with Crippen molar-refractivity contribution in [3.8, 4) is 5.75 Å². The SMILES string of the molecule is CC(C)OC(=O)CN1C(=O)S/C(=C/c2ccccc2OCC(=O)O)C1=O. The molecule has 1 saturated heterocycles. The molecule has 0 aliphatic carbocycles. The highest BCUT2D eigenvalue weighted by Crippen LogP contribution is 2.33. The molecule has 0 bridgehead atoms. The fraction of sp³-hybridized carbons (Fsp3) is 0.294. The van der Waals surface area contributed by atoms with Gasteiger partial charge >= 0.3 is 11.9 Å². The molecular formula is C17H17NO7S. The topological polar surface area (TPSA) is 110 Å². The maximum atomic E-state index is 12.4. The van der Waals surface area contributed by atoms with Gasteiger partial charge in [-0.3, -0.25) is 19.3 Å². The molecule has 1 fully saturated rings. The van der Waals surface area contributed by atoms with Crippen LogP contribution >= 0.6 is 11.8 Å². The lowest BCUT2D eigenvalue weighted by Gasteiger charge is -2.13. The molecule has 0 radical (unpaired) electrons. The first-order chi connectivity index (χ1) is 12.3. The summed E-state index contributed by atoms with van der Waals surface area (Å²) in [6, 6.07) is 6.52. The first-order valence-corrected chi connectivity index (χ1v) is 8.48. The van der Waals surface area contributed by atoms with Crippen molar-refractivity contribution < 1.29 is 33.8 Å². The molecule has 0 unspecified atom stereocenters. The van der Waals surface area contributed by atoms with E-state index in [0.29, 0.717) is 17.3 Å². The highest BCUT2D eigenvalue weighted by molar-refractivity contribution is 8.18. The second-order valence-corrected chi connectivity index (χ2v) is 6.52. The molecule has 1 N–H and O–H groups in total. The predicted octanol–water partition coefficient (Wildman–Crippen LogP) is 2.14. The van der Waals surface area contributed by atoms with Crippen LogP contribution in [0.1, 0.15) is 19.4 Å². The molecule has 138 valence electrons. The number of carbonyl (C=O) groups excluding carboxylic acids is 3. The summed E-state index contributed by atoms with van der Waals surface area (Å²) < 4.78 is 10.1. The van der Waals surface area contributed by atoms with Gasteiger partial charge in [0.2, 0.25) is 0 Å². The lowest BCUT2D eigenvalue weighted by Crippen LogP contribution is -2.35. The van der Waals surface area contributed by atoms with Gasteiger partial charge in [-0.15, -0.1) is 0 Å². The van der Waals surface area contributed by atoms with E-state index in [0.717, 1.165) is 4.90 Å². The van der Waals surface area contributed by atoms with Crippen LogP contribution in [0.4, 0.5) is 4.79 Å².